The Labute approximate surface area is 184 Å². The highest BCUT2D eigenvalue weighted by Gasteiger charge is 2.36. The number of para-hydroxylation sites is 2. The van der Waals surface area contributed by atoms with Crippen molar-refractivity contribution in [3.63, 3.8) is 0 Å². The molecule has 1 N–H and O–H groups in total. The van der Waals surface area contributed by atoms with E-state index >= 15 is 0 Å². The molecule has 0 radical (unpaired) electrons. The van der Waals surface area contributed by atoms with Crippen LogP contribution in [0.2, 0.25) is 0 Å². The van der Waals surface area contributed by atoms with Crippen LogP contribution in [-0.4, -0.2) is 31.1 Å². The molecule has 1 heterocycles. The van der Waals surface area contributed by atoms with Gasteiger partial charge in [0.25, 0.3) is 11.8 Å². The molecule has 7 heteroatoms. The van der Waals surface area contributed by atoms with E-state index in [0.717, 1.165) is 10.6 Å². The fourth-order valence-corrected chi connectivity index (χ4v) is 3.13. The lowest BCUT2D eigenvalue weighted by atomic mass is 10.1. The molecule has 3 aromatic rings. The van der Waals surface area contributed by atoms with Gasteiger partial charge in [0.1, 0.15) is 30.3 Å². The van der Waals surface area contributed by atoms with E-state index < -0.39 is 17.8 Å². The van der Waals surface area contributed by atoms with Crippen LogP contribution < -0.4 is 19.7 Å². The van der Waals surface area contributed by atoms with Crippen LogP contribution in [0.1, 0.15) is 5.56 Å². The Morgan fingerprint density at radius 3 is 1.91 bits per heavy atom. The Hall–Kier alpha value is -4.39. The summed E-state index contributed by atoms with van der Waals surface area (Å²) < 4.78 is 11.2. The molecule has 0 aromatic heterocycles. The molecule has 1 fully saturated rings. The van der Waals surface area contributed by atoms with Crippen molar-refractivity contribution in [1.29, 1.82) is 0 Å². The van der Waals surface area contributed by atoms with Crippen LogP contribution in [0.25, 0.3) is 6.08 Å². The van der Waals surface area contributed by atoms with Gasteiger partial charge in [-0.3, -0.25) is 14.9 Å². The molecule has 4 amide bonds. The number of hydrogen-bond donors (Lipinski definition) is 1. The molecule has 32 heavy (non-hydrogen) atoms. The highest BCUT2D eigenvalue weighted by molar-refractivity contribution is 6.39. The SMILES string of the molecule is O=C1NC(=O)N(c2ccccc2)C(=O)C1=Cc1ccc(OCCOc2ccccc2)cc1. The van der Waals surface area contributed by atoms with Crippen molar-refractivity contribution in [2.45, 2.75) is 0 Å². The molecular weight excluding hydrogens is 408 g/mol. The number of carbonyl (C=O) groups is 3. The number of urea groups is 1. The second-order valence-corrected chi connectivity index (χ2v) is 6.87. The first-order chi connectivity index (χ1) is 15.6. The summed E-state index contributed by atoms with van der Waals surface area (Å²) in [6, 6.07) is 24.0. The topological polar surface area (TPSA) is 84.9 Å². The molecule has 0 atom stereocenters. The summed E-state index contributed by atoms with van der Waals surface area (Å²) in [4.78, 5) is 38.3. The Balaban J connectivity index is 1.40. The summed E-state index contributed by atoms with van der Waals surface area (Å²) in [6.45, 7) is 0.762. The minimum atomic E-state index is -0.773. The molecule has 0 saturated carbocycles. The van der Waals surface area contributed by atoms with E-state index in [2.05, 4.69) is 5.32 Å². The second-order valence-electron chi connectivity index (χ2n) is 6.87. The molecule has 0 aliphatic carbocycles. The molecule has 1 aliphatic rings. The third-order valence-corrected chi connectivity index (χ3v) is 4.67. The fraction of sp³-hybridized carbons (Fsp3) is 0.0800. The lowest BCUT2D eigenvalue weighted by Crippen LogP contribution is -2.54. The van der Waals surface area contributed by atoms with Gasteiger partial charge in [0.15, 0.2) is 0 Å². The standard InChI is InChI=1S/C25H20N2O5/c28-23-22(24(29)27(25(30)26-23)19-7-3-1-4-8-19)17-18-11-13-21(14-12-18)32-16-15-31-20-9-5-2-6-10-20/h1-14,17H,15-16H2,(H,26,28,30). The number of imide groups is 2. The maximum Gasteiger partial charge on any atom is 0.335 e. The summed E-state index contributed by atoms with van der Waals surface area (Å²) >= 11 is 0. The number of anilines is 1. The van der Waals surface area contributed by atoms with Crippen LogP contribution >= 0.6 is 0 Å². The van der Waals surface area contributed by atoms with Crippen LogP contribution in [0.15, 0.2) is 90.5 Å². The zero-order chi connectivity index (χ0) is 22.3. The predicted molar refractivity (Wildman–Crippen MR) is 119 cm³/mol. The highest BCUT2D eigenvalue weighted by Crippen LogP contribution is 2.22. The van der Waals surface area contributed by atoms with Crippen LogP contribution in [-0.2, 0) is 9.59 Å². The molecule has 4 rings (SSSR count). The maximum absolute atomic E-state index is 12.8. The zero-order valence-electron chi connectivity index (χ0n) is 17.1. The molecule has 3 aromatic carbocycles. The Morgan fingerprint density at radius 1 is 0.719 bits per heavy atom. The lowest BCUT2D eigenvalue weighted by molar-refractivity contribution is -0.122. The number of amides is 4. The summed E-state index contributed by atoms with van der Waals surface area (Å²) in [5.41, 5.74) is 0.881. The number of benzene rings is 3. The Morgan fingerprint density at radius 2 is 1.28 bits per heavy atom. The number of nitrogens with zero attached hydrogens (tertiary/aromatic N) is 1. The summed E-state index contributed by atoms with van der Waals surface area (Å²) in [5.74, 6) is -0.00486. The van der Waals surface area contributed by atoms with Gasteiger partial charge >= 0.3 is 6.03 Å². The van der Waals surface area contributed by atoms with Crippen molar-refractivity contribution < 1.29 is 23.9 Å². The van der Waals surface area contributed by atoms with Gasteiger partial charge in [-0.15, -0.1) is 0 Å². The van der Waals surface area contributed by atoms with E-state index in [1.54, 1.807) is 54.6 Å². The number of hydrogen-bond acceptors (Lipinski definition) is 5. The smallest absolute Gasteiger partial charge is 0.335 e. The van der Waals surface area contributed by atoms with Gasteiger partial charge in [0.2, 0.25) is 0 Å². The van der Waals surface area contributed by atoms with Gasteiger partial charge in [-0.25, -0.2) is 9.69 Å². The number of ether oxygens (including phenoxy) is 2. The van der Waals surface area contributed by atoms with Crippen LogP contribution in [0.5, 0.6) is 11.5 Å². The fourth-order valence-electron chi connectivity index (χ4n) is 3.13. The van der Waals surface area contributed by atoms with Crippen LogP contribution in [0, 0.1) is 0 Å². The summed E-state index contributed by atoms with van der Waals surface area (Å²) in [7, 11) is 0. The van der Waals surface area contributed by atoms with Crippen molar-refractivity contribution in [1.82, 2.24) is 5.32 Å². The molecule has 7 nitrogen and oxygen atoms in total. The van der Waals surface area contributed by atoms with E-state index in [1.165, 1.54) is 6.08 Å². The molecule has 160 valence electrons. The van der Waals surface area contributed by atoms with Crippen molar-refractivity contribution in [3.8, 4) is 11.5 Å². The second kappa shape index (κ2) is 9.61. The minimum Gasteiger partial charge on any atom is -0.490 e. The first-order valence-corrected chi connectivity index (χ1v) is 9.99. The van der Waals surface area contributed by atoms with Gasteiger partial charge < -0.3 is 9.47 Å². The normalized spacial score (nSPS) is 14.9. The van der Waals surface area contributed by atoms with Gasteiger partial charge in [0, 0.05) is 0 Å². The van der Waals surface area contributed by atoms with Crippen molar-refractivity contribution in [2.75, 3.05) is 18.1 Å². The minimum absolute atomic E-state index is 0.126. The zero-order valence-corrected chi connectivity index (χ0v) is 17.1. The maximum atomic E-state index is 12.8. The van der Waals surface area contributed by atoms with E-state index in [4.69, 9.17) is 9.47 Å². The first-order valence-electron chi connectivity index (χ1n) is 9.99. The van der Waals surface area contributed by atoms with Crippen LogP contribution in [0.4, 0.5) is 10.5 Å². The molecule has 1 aliphatic heterocycles. The molecule has 1 saturated heterocycles. The van der Waals surface area contributed by atoms with Gasteiger partial charge in [-0.2, -0.15) is 0 Å². The predicted octanol–water partition coefficient (Wildman–Crippen LogP) is 3.81. The molecular formula is C25H20N2O5. The number of nitrogens with one attached hydrogen (secondary N) is 1. The summed E-state index contributed by atoms with van der Waals surface area (Å²) in [6.07, 6.45) is 1.45. The summed E-state index contributed by atoms with van der Waals surface area (Å²) in [5, 5.41) is 2.21. The Bertz CT molecular complexity index is 1140. The van der Waals surface area contributed by atoms with E-state index in [-0.39, 0.29) is 5.57 Å². The molecule has 0 unspecified atom stereocenters. The van der Waals surface area contributed by atoms with Crippen molar-refractivity contribution in [3.05, 3.63) is 96.1 Å². The van der Waals surface area contributed by atoms with Crippen molar-refractivity contribution in [2.24, 2.45) is 0 Å². The average Bonchev–Trinajstić information content (AvgIpc) is 2.82. The Kier molecular flexibility index (Phi) is 6.27. The van der Waals surface area contributed by atoms with E-state index in [9.17, 15) is 14.4 Å². The van der Waals surface area contributed by atoms with Gasteiger partial charge in [-0.05, 0) is 48.0 Å². The van der Waals surface area contributed by atoms with Gasteiger partial charge in [0.05, 0.1) is 5.69 Å². The average molecular weight is 428 g/mol. The van der Waals surface area contributed by atoms with Crippen LogP contribution in [0.3, 0.4) is 0 Å². The number of carbonyl (C=O) groups excluding carboxylic acids is 3. The van der Waals surface area contributed by atoms with E-state index in [1.807, 2.05) is 30.3 Å². The quantitative estimate of drug-likeness (QED) is 0.351. The third kappa shape index (κ3) is 4.84. The lowest BCUT2D eigenvalue weighted by Gasteiger charge is -2.26. The first kappa shape index (κ1) is 20.9. The van der Waals surface area contributed by atoms with E-state index in [0.29, 0.717) is 30.2 Å². The number of barbiturate groups is 1. The van der Waals surface area contributed by atoms with Crippen molar-refractivity contribution >= 4 is 29.6 Å². The largest absolute Gasteiger partial charge is 0.490 e. The molecule has 0 spiro atoms. The third-order valence-electron chi connectivity index (χ3n) is 4.67. The van der Waals surface area contributed by atoms with Gasteiger partial charge in [-0.1, -0.05) is 48.5 Å². The monoisotopic (exact) mass is 428 g/mol. The molecule has 0 bridgehead atoms. The highest BCUT2D eigenvalue weighted by atomic mass is 16.5. The number of rotatable bonds is 7.